The summed E-state index contributed by atoms with van der Waals surface area (Å²) in [6, 6.07) is 6.86. The van der Waals surface area contributed by atoms with Gasteiger partial charge in [-0.25, -0.2) is 4.68 Å². The van der Waals surface area contributed by atoms with E-state index in [9.17, 15) is 0 Å². The van der Waals surface area contributed by atoms with Crippen molar-refractivity contribution in [3.63, 3.8) is 0 Å². The number of hydrogen-bond acceptors (Lipinski definition) is 4. The molecule has 1 fully saturated rings. The Labute approximate surface area is 99.8 Å². The Morgan fingerprint density at radius 1 is 1.35 bits per heavy atom. The summed E-state index contributed by atoms with van der Waals surface area (Å²) >= 11 is 0. The maximum atomic E-state index is 3.90. The lowest BCUT2D eigenvalue weighted by molar-refractivity contribution is 0.445. The molecule has 88 valence electrons. The fourth-order valence-corrected chi connectivity index (χ4v) is 1.96. The summed E-state index contributed by atoms with van der Waals surface area (Å²) in [6.07, 6.45) is 5.49. The van der Waals surface area contributed by atoms with Gasteiger partial charge in [0.1, 0.15) is 6.33 Å². The molecule has 5 nitrogen and oxygen atoms in total. The highest BCUT2D eigenvalue weighted by Gasteiger charge is 2.17. The van der Waals surface area contributed by atoms with Gasteiger partial charge in [0.05, 0.1) is 5.69 Å². The van der Waals surface area contributed by atoms with Crippen molar-refractivity contribution < 1.29 is 0 Å². The molecule has 2 aromatic rings. The van der Waals surface area contributed by atoms with Crippen LogP contribution in [0, 0.1) is 6.92 Å². The van der Waals surface area contributed by atoms with Crippen LogP contribution in [0.3, 0.4) is 0 Å². The molecule has 1 saturated carbocycles. The van der Waals surface area contributed by atoms with Crippen LogP contribution in [0.4, 0.5) is 5.69 Å². The maximum Gasteiger partial charge on any atom is 0.143 e. The van der Waals surface area contributed by atoms with Gasteiger partial charge >= 0.3 is 0 Å². The number of nitrogens with one attached hydrogen (secondary N) is 1. The number of benzene rings is 1. The Balaban J connectivity index is 1.89. The monoisotopic (exact) mass is 229 g/mol. The molecule has 0 amide bonds. The molecule has 0 aliphatic heterocycles. The topological polar surface area (TPSA) is 55.6 Å². The summed E-state index contributed by atoms with van der Waals surface area (Å²) in [4.78, 5) is 0. The first kappa shape index (κ1) is 10.3. The van der Waals surface area contributed by atoms with Crippen LogP contribution < -0.4 is 5.32 Å². The Morgan fingerprint density at radius 2 is 2.24 bits per heavy atom. The molecule has 1 aromatic carbocycles. The van der Waals surface area contributed by atoms with Crippen LogP contribution in [-0.2, 0) is 0 Å². The SMILES string of the molecule is Cc1ccc(-n2cnnn2)cc1NC1CCC1. The average molecular weight is 229 g/mol. The van der Waals surface area contributed by atoms with E-state index >= 15 is 0 Å². The van der Waals surface area contributed by atoms with Crippen molar-refractivity contribution in [3.05, 3.63) is 30.1 Å². The van der Waals surface area contributed by atoms with E-state index in [0.29, 0.717) is 6.04 Å². The van der Waals surface area contributed by atoms with E-state index in [1.165, 1.54) is 30.5 Å². The summed E-state index contributed by atoms with van der Waals surface area (Å²) < 4.78 is 1.67. The van der Waals surface area contributed by atoms with Gasteiger partial charge in [-0.1, -0.05) is 6.07 Å². The van der Waals surface area contributed by atoms with Crippen LogP contribution in [0.5, 0.6) is 0 Å². The minimum atomic E-state index is 0.637. The molecule has 0 atom stereocenters. The largest absolute Gasteiger partial charge is 0.382 e. The number of anilines is 1. The zero-order valence-electron chi connectivity index (χ0n) is 9.80. The van der Waals surface area contributed by atoms with Gasteiger partial charge in [-0.2, -0.15) is 0 Å². The second kappa shape index (κ2) is 4.16. The number of tetrazole rings is 1. The van der Waals surface area contributed by atoms with Crippen molar-refractivity contribution in [1.29, 1.82) is 0 Å². The van der Waals surface area contributed by atoms with E-state index in [1.54, 1.807) is 11.0 Å². The predicted octanol–water partition coefficient (Wildman–Crippen LogP) is 1.94. The Kier molecular flexibility index (Phi) is 2.51. The summed E-state index contributed by atoms with van der Waals surface area (Å²) in [5.41, 5.74) is 3.43. The Morgan fingerprint density at radius 3 is 2.88 bits per heavy atom. The number of aromatic nitrogens is 4. The van der Waals surface area contributed by atoms with Crippen LogP contribution in [-0.4, -0.2) is 26.2 Å². The molecule has 0 bridgehead atoms. The third kappa shape index (κ3) is 2.00. The van der Waals surface area contributed by atoms with Crippen LogP contribution in [0.15, 0.2) is 24.5 Å². The standard InChI is InChI=1S/C12H15N5/c1-9-5-6-11(17-8-13-15-16-17)7-12(9)14-10-3-2-4-10/h5-8,10,14H,2-4H2,1H3. The molecule has 17 heavy (non-hydrogen) atoms. The van der Waals surface area contributed by atoms with Gasteiger partial charge in [0.25, 0.3) is 0 Å². The predicted molar refractivity (Wildman–Crippen MR) is 65.2 cm³/mol. The summed E-state index contributed by atoms with van der Waals surface area (Å²) in [6.45, 7) is 2.12. The number of nitrogens with zero attached hydrogens (tertiary/aromatic N) is 4. The Hall–Kier alpha value is -1.91. The second-order valence-corrected chi connectivity index (χ2v) is 4.53. The van der Waals surface area contributed by atoms with Crippen LogP contribution in [0.2, 0.25) is 0 Å². The summed E-state index contributed by atoms with van der Waals surface area (Å²) in [7, 11) is 0. The molecule has 1 aliphatic carbocycles. The number of rotatable bonds is 3. The normalized spacial score (nSPS) is 15.6. The van der Waals surface area contributed by atoms with Gasteiger partial charge in [0.2, 0.25) is 0 Å². The van der Waals surface area contributed by atoms with E-state index in [1.807, 2.05) is 6.07 Å². The van der Waals surface area contributed by atoms with Crippen molar-refractivity contribution in [3.8, 4) is 5.69 Å². The molecule has 0 radical (unpaired) electrons. The van der Waals surface area contributed by atoms with Gasteiger partial charge in [0.15, 0.2) is 0 Å². The van der Waals surface area contributed by atoms with Crippen molar-refractivity contribution in [1.82, 2.24) is 20.2 Å². The molecule has 0 spiro atoms. The maximum absolute atomic E-state index is 3.90. The molecule has 1 N–H and O–H groups in total. The lowest BCUT2D eigenvalue weighted by Crippen LogP contribution is -2.27. The zero-order valence-corrected chi connectivity index (χ0v) is 9.80. The molecule has 1 heterocycles. The van der Waals surface area contributed by atoms with Crippen molar-refractivity contribution in [2.24, 2.45) is 0 Å². The molecule has 3 rings (SSSR count). The molecule has 5 heteroatoms. The first-order valence-corrected chi connectivity index (χ1v) is 5.93. The van der Waals surface area contributed by atoms with E-state index in [2.05, 4.69) is 39.9 Å². The number of hydrogen-bond donors (Lipinski definition) is 1. The smallest absolute Gasteiger partial charge is 0.143 e. The number of aryl methyl sites for hydroxylation is 1. The minimum Gasteiger partial charge on any atom is -0.382 e. The highest BCUT2D eigenvalue weighted by atomic mass is 15.5. The van der Waals surface area contributed by atoms with Crippen molar-refractivity contribution in [2.75, 3.05) is 5.32 Å². The van der Waals surface area contributed by atoms with Gasteiger partial charge < -0.3 is 5.32 Å². The molecule has 0 unspecified atom stereocenters. The van der Waals surface area contributed by atoms with Gasteiger partial charge in [-0.3, -0.25) is 0 Å². The third-order valence-electron chi connectivity index (χ3n) is 3.30. The lowest BCUT2D eigenvalue weighted by Gasteiger charge is -2.28. The summed E-state index contributed by atoms with van der Waals surface area (Å²) in [5.74, 6) is 0. The molecular formula is C12H15N5. The Bertz CT molecular complexity index is 502. The zero-order chi connectivity index (χ0) is 11.7. The van der Waals surface area contributed by atoms with Gasteiger partial charge in [-0.05, 0) is 54.3 Å². The van der Waals surface area contributed by atoms with Gasteiger partial charge in [-0.15, -0.1) is 5.10 Å². The molecule has 1 aromatic heterocycles. The van der Waals surface area contributed by atoms with E-state index in [-0.39, 0.29) is 0 Å². The highest BCUT2D eigenvalue weighted by molar-refractivity contribution is 5.57. The second-order valence-electron chi connectivity index (χ2n) is 4.53. The fraction of sp³-hybridized carbons (Fsp3) is 0.417. The quantitative estimate of drug-likeness (QED) is 0.873. The third-order valence-corrected chi connectivity index (χ3v) is 3.30. The first-order chi connectivity index (χ1) is 8.33. The van der Waals surface area contributed by atoms with E-state index in [0.717, 1.165) is 5.69 Å². The molecular weight excluding hydrogens is 214 g/mol. The van der Waals surface area contributed by atoms with Crippen LogP contribution in [0.25, 0.3) is 5.69 Å². The van der Waals surface area contributed by atoms with Crippen molar-refractivity contribution >= 4 is 5.69 Å². The van der Waals surface area contributed by atoms with Crippen LogP contribution in [0.1, 0.15) is 24.8 Å². The lowest BCUT2D eigenvalue weighted by atomic mass is 9.92. The van der Waals surface area contributed by atoms with Crippen LogP contribution >= 0.6 is 0 Å². The average Bonchev–Trinajstić information content (AvgIpc) is 2.79. The van der Waals surface area contributed by atoms with Crippen molar-refractivity contribution in [2.45, 2.75) is 32.2 Å². The fourth-order valence-electron chi connectivity index (χ4n) is 1.96. The summed E-state index contributed by atoms with van der Waals surface area (Å²) in [5, 5.41) is 14.8. The molecule has 0 saturated heterocycles. The molecule has 1 aliphatic rings. The minimum absolute atomic E-state index is 0.637. The van der Waals surface area contributed by atoms with E-state index < -0.39 is 0 Å². The highest BCUT2D eigenvalue weighted by Crippen LogP contribution is 2.26. The van der Waals surface area contributed by atoms with Gasteiger partial charge in [0, 0.05) is 11.7 Å². The first-order valence-electron chi connectivity index (χ1n) is 5.93. The van der Waals surface area contributed by atoms with E-state index in [4.69, 9.17) is 0 Å².